The Bertz CT molecular complexity index is 616. The number of halogens is 3. The first-order valence-electron chi connectivity index (χ1n) is 6.76. The Kier molecular flexibility index (Phi) is 3.38. The number of hydrogen-bond donors (Lipinski definition) is 1. The Morgan fingerprint density at radius 1 is 1.15 bits per heavy atom. The molecular formula is C15H15F3N2. The van der Waals surface area contributed by atoms with Gasteiger partial charge in [0, 0.05) is 11.4 Å². The van der Waals surface area contributed by atoms with Crippen LogP contribution in [0, 0.1) is 0 Å². The predicted octanol–water partition coefficient (Wildman–Crippen LogP) is 4.07. The van der Waals surface area contributed by atoms with Crippen molar-refractivity contribution in [2.75, 3.05) is 6.54 Å². The standard InChI is InChI=1S/C15H15F3N2/c16-15(17,18)11-9-14(13-7-3-4-8-19-13)20-12-6-2-1-5-10(11)12/h1-2,5-6,9,13,19H,3-4,7-8H2. The third-order valence-electron chi connectivity index (χ3n) is 3.71. The van der Waals surface area contributed by atoms with Crippen molar-refractivity contribution in [1.82, 2.24) is 10.3 Å². The van der Waals surface area contributed by atoms with Gasteiger partial charge in [0.15, 0.2) is 0 Å². The molecule has 3 rings (SSSR count). The largest absolute Gasteiger partial charge is 0.417 e. The smallest absolute Gasteiger partial charge is 0.309 e. The Morgan fingerprint density at radius 2 is 1.95 bits per heavy atom. The van der Waals surface area contributed by atoms with Crippen molar-refractivity contribution in [1.29, 1.82) is 0 Å². The molecule has 2 aromatic rings. The maximum absolute atomic E-state index is 13.2. The van der Waals surface area contributed by atoms with Crippen LogP contribution in [0.25, 0.3) is 10.9 Å². The molecular weight excluding hydrogens is 265 g/mol. The highest BCUT2D eigenvalue weighted by Crippen LogP contribution is 2.36. The molecule has 1 aliphatic rings. The van der Waals surface area contributed by atoms with E-state index < -0.39 is 11.7 Å². The number of piperidine rings is 1. The van der Waals surface area contributed by atoms with E-state index >= 15 is 0 Å². The monoisotopic (exact) mass is 280 g/mol. The number of pyridine rings is 1. The lowest BCUT2D eigenvalue weighted by Gasteiger charge is -2.24. The summed E-state index contributed by atoms with van der Waals surface area (Å²) in [5, 5.41) is 3.42. The second-order valence-electron chi connectivity index (χ2n) is 5.11. The quantitative estimate of drug-likeness (QED) is 0.851. The fourth-order valence-electron chi connectivity index (χ4n) is 2.71. The van der Waals surface area contributed by atoms with Crippen molar-refractivity contribution in [3.63, 3.8) is 0 Å². The number of hydrogen-bond acceptors (Lipinski definition) is 2. The molecule has 1 aliphatic heterocycles. The van der Waals surface area contributed by atoms with Crippen LogP contribution in [-0.2, 0) is 6.18 Å². The highest BCUT2D eigenvalue weighted by Gasteiger charge is 2.34. The lowest BCUT2D eigenvalue weighted by molar-refractivity contribution is -0.136. The summed E-state index contributed by atoms with van der Waals surface area (Å²) in [6.45, 7) is 0.834. The minimum atomic E-state index is -4.36. The Morgan fingerprint density at radius 3 is 2.65 bits per heavy atom. The summed E-state index contributed by atoms with van der Waals surface area (Å²) < 4.78 is 39.7. The fourth-order valence-corrected chi connectivity index (χ4v) is 2.71. The van der Waals surface area contributed by atoms with Crippen LogP contribution < -0.4 is 5.32 Å². The van der Waals surface area contributed by atoms with E-state index in [0.29, 0.717) is 11.2 Å². The van der Waals surface area contributed by atoms with Gasteiger partial charge in [-0.1, -0.05) is 24.6 Å². The van der Waals surface area contributed by atoms with Gasteiger partial charge in [-0.25, -0.2) is 0 Å². The van der Waals surface area contributed by atoms with Crippen molar-refractivity contribution in [3.05, 3.63) is 41.6 Å². The van der Waals surface area contributed by atoms with E-state index in [-0.39, 0.29) is 11.4 Å². The van der Waals surface area contributed by atoms with Crippen molar-refractivity contribution in [2.45, 2.75) is 31.5 Å². The van der Waals surface area contributed by atoms with Gasteiger partial charge in [-0.05, 0) is 31.5 Å². The number of fused-ring (bicyclic) bond motifs is 1. The van der Waals surface area contributed by atoms with Crippen LogP contribution in [0.15, 0.2) is 30.3 Å². The summed E-state index contributed by atoms with van der Waals surface area (Å²) in [6.07, 6.45) is -1.43. The Hall–Kier alpha value is -1.62. The van der Waals surface area contributed by atoms with Crippen molar-refractivity contribution in [3.8, 4) is 0 Å². The first-order valence-corrected chi connectivity index (χ1v) is 6.76. The van der Waals surface area contributed by atoms with Gasteiger partial charge in [0.05, 0.1) is 16.8 Å². The fraction of sp³-hybridized carbons (Fsp3) is 0.400. The van der Waals surface area contributed by atoms with Gasteiger partial charge in [0.25, 0.3) is 0 Å². The maximum Gasteiger partial charge on any atom is 0.417 e. The summed E-state index contributed by atoms with van der Waals surface area (Å²) in [5.41, 5.74) is 0.311. The molecule has 0 spiro atoms. The van der Waals surface area contributed by atoms with Gasteiger partial charge in [0.1, 0.15) is 0 Å². The van der Waals surface area contributed by atoms with Crippen LogP contribution in [0.2, 0.25) is 0 Å². The molecule has 106 valence electrons. The van der Waals surface area contributed by atoms with Gasteiger partial charge in [-0.2, -0.15) is 13.2 Å². The molecule has 1 fully saturated rings. The van der Waals surface area contributed by atoms with Gasteiger partial charge < -0.3 is 5.32 Å². The van der Waals surface area contributed by atoms with E-state index in [9.17, 15) is 13.2 Å². The molecule has 1 aromatic heterocycles. The molecule has 2 heterocycles. The maximum atomic E-state index is 13.2. The predicted molar refractivity (Wildman–Crippen MR) is 71.3 cm³/mol. The van der Waals surface area contributed by atoms with Crippen LogP contribution in [-0.4, -0.2) is 11.5 Å². The Labute approximate surface area is 115 Å². The molecule has 0 amide bonds. The molecule has 20 heavy (non-hydrogen) atoms. The molecule has 1 unspecified atom stereocenters. The molecule has 2 nitrogen and oxygen atoms in total. The van der Waals surface area contributed by atoms with Crippen LogP contribution >= 0.6 is 0 Å². The number of rotatable bonds is 1. The summed E-state index contributed by atoms with van der Waals surface area (Å²) >= 11 is 0. The van der Waals surface area contributed by atoms with Gasteiger partial charge in [0.2, 0.25) is 0 Å². The van der Waals surface area contributed by atoms with Crippen molar-refractivity contribution < 1.29 is 13.2 Å². The van der Waals surface area contributed by atoms with E-state index in [1.165, 1.54) is 12.1 Å². The van der Waals surface area contributed by atoms with E-state index in [0.717, 1.165) is 25.8 Å². The molecule has 0 bridgehead atoms. The minimum Gasteiger partial charge on any atom is -0.309 e. The Balaban J connectivity index is 2.14. The first-order chi connectivity index (χ1) is 9.55. The SMILES string of the molecule is FC(F)(F)c1cc(C2CCCCN2)nc2ccccc12. The lowest BCUT2D eigenvalue weighted by Crippen LogP contribution is -2.27. The first kappa shape index (κ1) is 13.4. The summed E-state index contributed by atoms with van der Waals surface area (Å²) in [6, 6.07) is 7.56. The van der Waals surface area contributed by atoms with E-state index in [1.807, 2.05) is 0 Å². The summed E-state index contributed by atoms with van der Waals surface area (Å²) in [4.78, 5) is 4.41. The molecule has 1 aromatic carbocycles. The van der Waals surface area contributed by atoms with Crippen molar-refractivity contribution >= 4 is 10.9 Å². The highest BCUT2D eigenvalue weighted by atomic mass is 19.4. The number of benzene rings is 1. The molecule has 0 radical (unpaired) electrons. The van der Waals surface area contributed by atoms with Crippen LogP contribution in [0.1, 0.15) is 36.6 Å². The summed E-state index contributed by atoms with van der Waals surface area (Å²) in [5.74, 6) is 0. The normalized spacial score (nSPS) is 20.2. The summed E-state index contributed by atoms with van der Waals surface area (Å²) in [7, 11) is 0. The highest BCUT2D eigenvalue weighted by molar-refractivity contribution is 5.83. The number of alkyl halides is 3. The number of nitrogens with one attached hydrogen (secondary N) is 1. The van der Waals surface area contributed by atoms with Gasteiger partial charge in [-0.15, -0.1) is 0 Å². The average molecular weight is 280 g/mol. The number of nitrogens with zero attached hydrogens (tertiary/aromatic N) is 1. The topological polar surface area (TPSA) is 24.9 Å². The molecule has 5 heteroatoms. The van der Waals surface area contributed by atoms with Crippen molar-refractivity contribution in [2.24, 2.45) is 0 Å². The van der Waals surface area contributed by atoms with Crippen LogP contribution in [0.3, 0.4) is 0 Å². The second kappa shape index (κ2) is 5.05. The van der Waals surface area contributed by atoms with E-state index in [4.69, 9.17) is 0 Å². The zero-order valence-corrected chi connectivity index (χ0v) is 10.9. The molecule has 1 atom stereocenters. The van der Waals surface area contributed by atoms with Gasteiger partial charge >= 0.3 is 6.18 Å². The van der Waals surface area contributed by atoms with E-state index in [2.05, 4.69) is 10.3 Å². The molecule has 0 saturated carbocycles. The third kappa shape index (κ3) is 2.50. The van der Waals surface area contributed by atoms with Gasteiger partial charge in [-0.3, -0.25) is 4.98 Å². The zero-order valence-electron chi connectivity index (χ0n) is 10.9. The lowest BCUT2D eigenvalue weighted by atomic mass is 9.98. The third-order valence-corrected chi connectivity index (χ3v) is 3.71. The number of aromatic nitrogens is 1. The molecule has 1 N–H and O–H groups in total. The average Bonchev–Trinajstić information content (AvgIpc) is 2.46. The molecule has 0 aliphatic carbocycles. The van der Waals surface area contributed by atoms with Crippen LogP contribution in [0.5, 0.6) is 0 Å². The van der Waals surface area contributed by atoms with E-state index in [1.54, 1.807) is 18.2 Å². The molecule has 1 saturated heterocycles. The van der Waals surface area contributed by atoms with Crippen LogP contribution in [0.4, 0.5) is 13.2 Å². The number of para-hydroxylation sites is 1. The minimum absolute atomic E-state index is 0.0746. The zero-order chi connectivity index (χ0) is 14.2. The second-order valence-corrected chi connectivity index (χ2v) is 5.11.